The summed E-state index contributed by atoms with van der Waals surface area (Å²) in [6, 6.07) is 8.35. The Hall–Kier alpha value is -1.21. The van der Waals surface area contributed by atoms with E-state index in [1.165, 1.54) is 25.9 Å². The molecular weight excluding hydrogens is 368 g/mol. The zero-order valence-electron chi connectivity index (χ0n) is 13.5. The van der Waals surface area contributed by atoms with E-state index in [-0.39, 0.29) is 5.60 Å². The number of fused-ring (bicyclic) bond motifs is 3. The summed E-state index contributed by atoms with van der Waals surface area (Å²) in [5.74, 6) is 1.52. The first-order valence-corrected chi connectivity index (χ1v) is 9.40. The van der Waals surface area contributed by atoms with Gasteiger partial charge in [0.25, 0.3) is 0 Å². The molecule has 4 aliphatic heterocycles. The molecule has 2 atom stereocenters. The van der Waals surface area contributed by atoms with Crippen LogP contribution in [0.15, 0.2) is 34.9 Å². The number of nitrogens with zero attached hydrogens (tertiary/aromatic N) is 3. The number of benzene rings is 1. The molecule has 2 aromatic rings. The minimum atomic E-state index is -0.414. The maximum absolute atomic E-state index is 6.36. The summed E-state index contributed by atoms with van der Waals surface area (Å²) in [7, 11) is 0. The van der Waals surface area contributed by atoms with Gasteiger partial charge in [-0.05, 0) is 55.4 Å². The predicted molar refractivity (Wildman–Crippen MR) is 97.7 cm³/mol. The molecule has 1 aromatic carbocycles. The van der Waals surface area contributed by atoms with Crippen molar-refractivity contribution in [2.45, 2.75) is 24.8 Å². The predicted octanol–water partition coefficient (Wildman–Crippen LogP) is 2.54. The molecule has 2 N–H and O–H groups in total. The molecule has 24 heavy (non-hydrogen) atoms. The average molecular weight is 389 g/mol. The Morgan fingerprint density at radius 3 is 2.75 bits per heavy atom. The zero-order chi connectivity index (χ0) is 16.3. The van der Waals surface area contributed by atoms with Gasteiger partial charge >= 0.3 is 0 Å². The van der Waals surface area contributed by atoms with E-state index >= 15 is 0 Å². The minimum absolute atomic E-state index is 0.121. The van der Waals surface area contributed by atoms with Crippen molar-refractivity contribution in [1.82, 2.24) is 9.88 Å². The molecule has 1 spiro atoms. The average Bonchev–Trinajstić information content (AvgIpc) is 2.91. The summed E-state index contributed by atoms with van der Waals surface area (Å²) >= 11 is 3.54. The van der Waals surface area contributed by atoms with Crippen LogP contribution in [-0.4, -0.2) is 48.0 Å². The Bertz CT molecular complexity index is 792. The summed E-state index contributed by atoms with van der Waals surface area (Å²) in [6.45, 7) is 4.24. The van der Waals surface area contributed by atoms with Gasteiger partial charge in [0.2, 0.25) is 0 Å². The number of nitrogens with two attached hydrogens (primary N) is 1. The van der Waals surface area contributed by atoms with Crippen molar-refractivity contribution in [3.63, 3.8) is 0 Å². The number of hydrogen-bond donors (Lipinski definition) is 1. The van der Waals surface area contributed by atoms with Gasteiger partial charge in [-0.25, -0.2) is 4.98 Å². The van der Waals surface area contributed by atoms with E-state index in [4.69, 9.17) is 10.5 Å². The molecule has 5 nitrogen and oxygen atoms in total. The smallest absolute Gasteiger partial charge is 0.186 e. The van der Waals surface area contributed by atoms with Gasteiger partial charge in [-0.2, -0.15) is 0 Å². The molecule has 0 aliphatic carbocycles. The van der Waals surface area contributed by atoms with Crippen molar-refractivity contribution in [2.24, 2.45) is 11.7 Å². The van der Waals surface area contributed by atoms with Crippen molar-refractivity contribution in [1.29, 1.82) is 0 Å². The van der Waals surface area contributed by atoms with Gasteiger partial charge in [-0.15, -0.1) is 0 Å². The highest BCUT2D eigenvalue weighted by atomic mass is 79.9. The number of anilines is 1. The molecule has 0 radical (unpaired) electrons. The molecule has 1 aromatic heterocycles. The number of ether oxygens (including phenoxy) is 1. The van der Waals surface area contributed by atoms with Crippen molar-refractivity contribution >= 4 is 32.5 Å². The third-order valence-electron chi connectivity index (χ3n) is 5.89. The number of piperidine rings is 3. The third-order valence-corrected chi connectivity index (χ3v) is 6.38. The van der Waals surface area contributed by atoms with Gasteiger partial charge in [0, 0.05) is 22.6 Å². The number of pyridine rings is 1. The molecule has 4 fully saturated rings. The van der Waals surface area contributed by atoms with E-state index < -0.39 is 6.35 Å². The lowest BCUT2D eigenvalue weighted by atomic mass is 9.75. The molecule has 2 bridgehead atoms. The van der Waals surface area contributed by atoms with Crippen molar-refractivity contribution in [2.75, 3.05) is 31.1 Å². The van der Waals surface area contributed by atoms with Crippen molar-refractivity contribution in [3.8, 4) is 0 Å². The lowest BCUT2D eigenvalue weighted by molar-refractivity contribution is -0.137. The first-order valence-electron chi connectivity index (χ1n) is 8.61. The largest absolute Gasteiger partial charge is 0.335 e. The van der Waals surface area contributed by atoms with Crippen LogP contribution in [0.3, 0.4) is 0 Å². The lowest BCUT2D eigenvalue weighted by Gasteiger charge is -2.50. The van der Waals surface area contributed by atoms with Gasteiger partial charge in [0.1, 0.15) is 11.4 Å². The summed E-state index contributed by atoms with van der Waals surface area (Å²) in [5, 5.41) is 2.30. The third kappa shape index (κ3) is 2.28. The molecule has 0 saturated carbocycles. The second-order valence-electron chi connectivity index (χ2n) is 7.29. The fraction of sp³-hybridized carbons (Fsp3) is 0.500. The Labute approximate surface area is 149 Å². The number of halogens is 1. The maximum Gasteiger partial charge on any atom is 0.186 e. The molecule has 2 unspecified atom stereocenters. The van der Waals surface area contributed by atoms with Gasteiger partial charge in [-0.1, -0.05) is 22.0 Å². The Kier molecular flexibility index (Phi) is 3.39. The van der Waals surface area contributed by atoms with E-state index in [0.29, 0.717) is 5.92 Å². The highest BCUT2D eigenvalue weighted by Crippen LogP contribution is 2.43. The van der Waals surface area contributed by atoms with Crippen LogP contribution in [0.2, 0.25) is 0 Å². The SMILES string of the molecule is NC1OC2(CN3CCC2CC3)CN1c1cc2cc(Br)ccc2cn1. The highest BCUT2D eigenvalue weighted by Gasteiger charge is 2.54. The number of aromatic nitrogens is 1. The normalized spacial score (nSPS) is 35.2. The van der Waals surface area contributed by atoms with Gasteiger partial charge in [0.05, 0.1) is 6.54 Å². The summed E-state index contributed by atoms with van der Waals surface area (Å²) in [5.41, 5.74) is 6.24. The summed E-state index contributed by atoms with van der Waals surface area (Å²) in [4.78, 5) is 9.29. The van der Waals surface area contributed by atoms with Crippen molar-refractivity contribution < 1.29 is 4.74 Å². The van der Waals surface area contributed by atoms with E-state index in [1.54, 1.807) is 0 Å². The molecule has 4 aliphatic rings. The number of rotatable bonds is 1. The Morgan fingerprint density at radius 1 is 1.17 bits per heavy atom. The molecule has 0 amide bonds. The molecule has 6 heteroatoms. The van der Waals surface area contributed by atoms with E-state index in [0.717, 1.165) is 34.2 Å². The van der Waals surface area contributed by atoms with Crippen LogP contribution in [0, 0.1) is 5.92 Å². The van der Waals surface area contributed by atoms with Crippen LogP contribution in [-0.2, 0) is 4.74 Å². The van der Waals surface area contributed by atoms with Crippen LogP contribution < -0.4 is 10.6 Å². The Morgan fingerprint density at radius 2 is 2.00 bits per heavy atom. The topological polar surface area (TPSA) is 54.6 Å². The van der Waals surface area contributed by atoms with Crippen LogP contribution in [0.5, 0.6) is 0 Å². The monoisotopic (exact) mass is 388 g/mol. The summed E-state index contributed by atoms with van der Waals surface area (Å²) in [6.07, 6.45) is 3.95. The second kappa shape index (κ2) is 5.39. The first kappa shape index (κ1) is 15.1. The van der Waals surface area contributed by atoms with Gasteiger partial charge < -0.3 is 14.5 Å². The molecule has 6 rings (SSSR count). The fourth-order valence-corrected chi connectivity index (χ4v) is 5.00. The fourth-order valence-electron chi connectivity index (χ4n) is 4.63. The first-order chi connectivity index (χ1) is 11.6. The molecule has 4 saturated heterocycles. The Balaban J connectivity index is 1.49. The van der Waals surface area contributed by atoms with Gasteiger partial charge in [0.15, 0.2) is 6.35 Å². The second-order valence-corrected chi connectivity index (χ2v) is 8.20. The van der Waals surface area contributed by atoms with E-state index in [2.05, 4.69) is 48.9 Å². The standard InChI is InChI=1S/C18H21BrN4O/c19-15-2-1-12-9-21-16(8-13(12)7-15)23-11-18(24-17(23)20)10-22-5-3-14(18)4-6-22/h1-2,7-9,14,17H,3-6,10-11,20H2. The van der Waals surface area contributed by atoms with Crippen LogP contribution in [0.25, 0.3) is 10.8 Å². The van der Waals surface area contributed by atoms with E-state index in [9.17, 15) is 0 Å². The van der Waals surface area contributed by atoms with Gasteiger partial charge in [-0.3, -0.25) is 5.73 Å². The highest BCUT2D eigenvalue weighted by molar-refractivity contribution is 9.10. The number of hydrogen-bond acceptors (Lipinski definition) is 5. The maximum atomic E-state index is 6.36. The molecule has 126 valence electrons. The van der Waals surface area contributed by atoms with Crippen LogP contribution in [0.1, 0.15) is 12.8 Å². The molecular formula is C18H21BrN4O. The zero-order valence-corrected chi connectivity index (χ0v) is 15.1. The van der Waals surface area contributed by atoms with Crippen molar-refractivity contribution in [3.05, 3.63) is 34.9 Å². The quantitative estimate of drug-likeness (QED) is 0.813. The molecule has 5 heterocycles. The van der Waals surface area contributed by atoms with Crippen LogP contribution >= 0.6 is 15.9 Å². The van der Waals surface area contributed by atoms with Crippen LogP contribution in [0.4, 0.5) is 5.82 Å². The lowest BCUT2D eigenvalue weighted by Crippen LogP contribution is -2.61. The van der Waals surface area contributed by atoms with E-state index in [1.807, 2.05) is 12.3 Å². The summed E-state index contributed by atoms with van der Waals surface area (Å²) < 4.78 is 7.41. The minimum Gasteiger partial charge on any atom is -0.335 e.